The first kappa shape index (κ1) is 15.7. The van der Waals surface area contributed by atoms with Crippen LogP contribution in [-0.4, -0.2) is 35.7 Å². The van der Waals surface area contributed by atoms with E-state index in [0.29, 0.717) is 18.4 Å². The van der Waals surface area contributed by atoms with Gasteiger partial charge >= 0.3 is 5.97 Å². The van der Waals surface area contributed by atoms with E-state index in [1.54, 1.807) is 0 Å². The number of piperidine rings is 1. The molecule has 5 rings (SSSR count). The van der Waals surface area contributed by atoms with Crippen molar-refractivity contribution in [1.29, 1.82) is 0 Å². The minimum Gasteiger partial charge on any atom is -0.485 e. The van der Waals surface area contributed by atoms with Crippen molar-refractivity contribution >= 4 is 5.97 Å². The van der Waals surface area contributed by atoms with Crippen molar-refractivity contribution in [2.45, 2.75) is 12.6 Å². The predicted molar refractivity (Wildman–Crippen MR) is 95.1 cm³/mol. The number of carbonyl (C=O) groups is 1. The average molecular weight is 351 g/mol. The van der Waals surface area contributed by atoms with Crippen LogP contribution in [0.4, 0.5) is 0 Å². The van der Waals surface area contributed by atoms with Crippen LogP contribution in [-0.2, 0) is 11.3 Å². The Morgan fingerprint density at radius 1 is 1.04 bits per heavy atom. The molecule has 2 heterocycles. The summed E-state index contributed by atoms with van der Waals surface area (Å²) in [5.74, 6) is 1.59. The fourth-order valence-electron chi connectivity index (χ4n) is 4.39. The number of fused-ring (bicyclic) bond motifs is 2. The molecule has 2 fully saturated rings. The zero-order chi connectivity index (χ0) is 17.7. The van der Waals surface area contributed by atoms with Gasteiger partial charge in [0.25, 0.3) is 0 Å². The van der Waals surface area contributed by atoms with Crippen molar-refractivity contribution in [2.24, 2.45) is 17.8 Å². The van der Waals surface area contributed by atoms with Crippen LogP contribution in [0, 0.1) is 17.8 Å². The van der Waals surface area contributed by atoms with E-state index in [4.69, 9.17) is 14.6 Å². The molecule has 5 heteroatoms. The monoisotopic (exact) mass is 351 g/mol. The molecular weight excluding hydrogens is 330 g/mol. The maximum Gasteiger partial charge on any atom is 0.307 e. The molecule has 0 radical (unpaired) electrons. The van der Waals surface area contributed by atoms with Crippen molar-refractivity contribution in [1.82, 2.24) is 4.90 Å². The SMILES string of the molecule is O=C(O)C1C2CN(Cc3ccc([C@H]4COc5ccccc5O4)cc3)CC21. The molecule has 1 saturated heterocycles. The third-order valence-electron chi connectivity index (χ3n) is 5.82. The van der Waals surface area contributed by atoms with Crippen LogP contribution in [0.25, 0.3) is 0 Å². The zero-order valence-electron chi connectivity index (χ0n) is 14.4. The first-order chi connectivity index (χ1) is 12.7. The van der Waals surface area contributed by atoms with E-state index in [9.17, 15) is 4.79 Å². The number of carboxylic acid groups (broad SMARTS) is 1. The molecule has 0 aromatic heterocycles. The topological polar surface area (TPSA) is 59.0 Å². The van der Waals surface area contributed by atoms with E-state index in [1.807, 2.05) is 24.3 Å². The van der Waals surface area contributed by atoms with E-state index < -0.39 is 5.97 Å². The van der Waals surface area contributed by atoms with E-state index in [0.717, 1.165) is 36.7 Å². The van der Waals surface area contributed by atoms with Crippen LogP contribution >= 0.6 is 0 Å². The van der Waals surface area contributed by atoms with Crippen molar-refractivity contribution in [2.75, 3.05) is 19.7 Å². The van der Waals surface area contributed by atoms with E-state index in [2.05, 4.69) is 29.2 Å². The number of rotatable bonds is 4. The molecular formula is C21H21NO4. The standard InChI is InChI=1S/C21H21NO4/c23-21(24)20-15-10-22(11-16(15)20)9-13-5-7-14(8-6-13)19-12-25-17-3-1-2-4-18(17)26-19/h1-8,15-16,19-20H,9-12H2,(H,23,24)/t15?,16?,19-,20?/m1/s1. The van der Waals surface area contributed by atoms with Gasteiger partial charge in [-0.05, 0) is 35.1 Å². The number of benzene rings is 2. The Labute approximate surface area is 152 Å². The van der Waals surface area contributed by atoms with Gasteiger partial charge in [0.2, 0.25) is 0 Å². The fraction of sp³-hybridized carbons (Fsp3) is 0.381. The molecule has 2 aromatic carbocycles. The first-order valence-corrected chi connectivity index (χ1v) is 9.11. The number of carboxylic acids is 1. The van der Waals surface area contributed by atoms with Gasteiger partial charge < -0.3 is 14.6 Å². The molecule has 2 unspecified atom stereocenters. The second-order valence-corrected chi connectivity index (χ2v) is 7.49. The van der Waals surface area contributed by atoms with Crippen LogP contribution < -0.4 is 9.47 Å². The summed E-state index contributed by atoms with van der Waals surface area (Å²) in [7, 11) is 0. The Morgan fingerprint density at radius 2 is 1.73 bits per heavy atom. The van der Waals surface area contributed by atoms with Gasteiger partial charge in [0.15, 0.2) is 17.6 Å². The molecule has 3 aliphatic rings. The van der Waals surface area contributed by atoms with Gasteiger partial charge in [-0.3, -0.25) is 9.69 Å². The molecule has 1 N–H and O–H groups in total. The number of hydrogen-bond acceptors (Lipinski definition) is 4. The molecule has 3 atom stereocenters. The lowest BCUT2D eigenvalue weighted by Crippen LogP contribution is -2.26. The second kappa shape index (κ2) is 6.02. The highest BCUT2D eigenvalue weighted by Gasteiger charge is 2.59. The highest BCUT2D eigenvalue weighted by Crippen LogP contribution is 2.52. The van der Waals surface area contributed by atoms with E-state index >= 15 is 0 Å². The van der Waals surface area contributed by atoms with E-state index in [-0.39, 0.29) is 12.0 Å². The summed E-state index contributed by atoms with van der Waals surface area (Å²) < 4.78 is 11.8. The summed E-state index contributed by atoms with van der Waals surface area (Å²) in [6, 6.07) is 16.2. The van der Waals surface area contributed by atoms with Crippen molar-refractivity contribution in [3.63, 3.8) is 0 Å². The number of para-hydroxylation sites is 2. The highest BCUT2D eigenvalue weighted by atomic mass is 16.6. The van der Waals surface area contributed by atoms with Crippen LogP contribution in [0.2, 0.25) is 0 Å². The van der Waals surface area contributed by atoms with Gasteiger partial charge in [0.05, 0.1) is 5.92 Å². The van der Waals surface area contributed by atoms with Crippen molar-refractivity contribution in [3.8, 4) is 11.5 Å². The Bertz CT molecular complexity index is 822. The zero-order valence-corrected chi connectivity index (χ0v) is 14.4. The van der Waals surface area contributed by atoms with Crippen LogP contribution in [0.15, 0.2) is 48.5 Å². The minimum absolute atomic E-state index is 0.0882. The van der Waals surface area contributed by atoms with Gasteiger partial charge in [-0.2, -0.15) is 0 Å². The first-order valence-electron chi connectivity index (χ1n) is 9.11. The summed E-state index contributed by atoms with van der Waals surface area (Å²) in [6.07, 6.45) is -0.0882. The number of hydrogen-bond donors (Lipinski definition) is 1. The third kappa shape index (κ3) is 2.72. The molecule has 2 aliphatic heterocycles. The maximum absolute atomic E-state index is 11.1. The van der Waals surface area contributed by atoms with Crippen molar-refractivity contribution < 1.29 is 19.4 Å². The molecule has 5 nitrogen and oxygen atoms in total. The average Bonchev–Trinajstić information content (AvgIpc) is 3.19. The summed E-state index contributed by atoms with van der Waals surface area (Å²) in [5, 5.41) is 9.11. The highest BCUT2D eigenvalue weighted by molar-refractivity contribution is 5.74. The minimum atomic E-state index is -0.625. The fourth-order valence-corrected chi connectivity index (χ4v) is 4.39. The van der Waals surface area contributed by atoms with Crippen molar-refractivity contribution in [3.05, 3.63) is 59.7 Å². The van der Waals surface area contributed by atoms with Gasteiger partial charge in [0, 0.05) is 19.6 Å². The summed E-state index contributed by atoms with van der Waals surface area (Å²) in [5.41, 5.74) is 2.36. The lowest BCUT2D eigenvalue weighted by Gasteiger charge is -2.27. The smallest absolute Gasteiger partial charge is 0.307 e. The molecule has 0 amide bonds. The van der Waals surface area contributed by atoms with Crippen LogP contribution in [0.1, 0.15) is 17.2 Å². The van der Waals surface area contributed by atoms with Crippen LogP contribution in [0.3, 0.4) is 0 Å². The Hall–Kier alpha value is -2.53. The molecule has 2 aromatic rings. The molecule has 26 heavy (non-hydrogen) atoms. The molecule has 1 saturated carbocycles. The molecule has 134 valence electrons. The molecule has 0 bridgehead atoms. The van der Waals surface area contributed by atoms with Gasteiger partial charge in [-0.1, -0.05) is 36.4 Å². The normalized spacial score (nSPS) is 29.2. The second-order valence-electron chi connectivity index (χ2n) is 7.49. The van der Waals surface area contributed by atoms with Crippen LogP contribution in [0.5, 0.6) is 11.5 Å². The maximum atomic E-state index is 11.1. The van der Waals surface area contributed by atoms with Gasteiger partial charge in [0.1, 0.15) is 6.61 Å². The number of nitrogens with zero attached hydrogens (tertiary/aromatic N) is 1. The lowest BCUT2D eigenvalue weighted by atomic mass is 10.1. The molecule has 1 aliphatic carbocycles. The Kier molecular flexibility index (Phi) is 3.64. The summed E-state index contributed by atoms with van der Waals surface area (Å²) >= 11 is 0. The Balaban J connectivity index is 1.20. The predicted octanol–water partition coefficient (Wildman–Crippen LogP) is 2.96. The summed E-state index contributed by atoms with van der Waals surface area (Å²) in [4.78, 5) is 13.4. The lowest BCUT2D eigenvalue weighted by molar-refractivity contribution is -0.139. The van der Waals surface area contributed by atoms with Gasteiger partial charge in [-0.15, -0.1) is 0 Å². The third-order valence-corrected chi connectivity index (χ3v) is 5.82. The number of ether oxygens (including phenoxy) is 2. The number of likely N-dealkylation sites (tertiary alicyclic amines) is 1. The number of aliphatic carboxylic acids is 1. The quantitative estimate of drug-likeness (QED) is 0.918. The Morgan fingerprint density at radius 3 is 2.42 bits per heavy atom. The summed E-state index contributed by atoms with van der Waals surface area (Å²) in [6.45, 7) is 3.20. The molecule has 0 spiro atoms. The van der Waals surface area contributed by atoms with E-state index in [1.165, 1.54) is 5.56 Å². The van der Waals surface area contributed by atoms with Gasteiger partial charge in [-0.25, -0.2) is 0 Å². The largest absolute Gasteiger partial charge is 0.485 e.